The maximum Gasteiger partial charge on any atom is 0.251 e. The van der Waals surface area contributed by atoms with Gasteiger partial charge in [-0.25, -0.2) is 0 Å². The predicted molar refractivity (Wildman–Crippen MR) is 89.0 cm³/mol. The van der Waals surface area contributed by atoms with E-state index in [2.05, 4.69) is 34.3 Å². The number of piperazine rings is 1. The highest BCUT2D eigenvalue weighted by molar-refractivity contribution is 5.94. The first-order valence-corrected chi connectivity index (χ1v) is 8.45. The summed E-state index contributed by atoms with van der Waals surface area (Å²) < 4.78 is 0. The van der Waals surface area contributed by atoms with E-state index < -0.39 is 0 Å². The summed E-state index contributed by atoms with van der Waals surface area (Å²) in [5, 5.41) is 2.71. The Labute approximate surface area is 133 Å². The monoisotopic (exact) mass is 301 g/mol. The highest BCUT2D eigenvalue weighted by Gasteiger charge is 2.31. The molecule has 4 nitrogen and oxygen atoms in total. The summed E-state index contributed by atoms with van der Waals surface area (Å²) in [5.41, 5.74) is 2.01. The molecule has 1 saturated heterocycles. The zero-order chi connectivity index (χ0) is 15.5. The quantitative estimate of drug-likeness (QED) is 0.930. The van der Waals surface area contributed by atoms with Crippen molar-refractivity contribution in [2.75, 3.05) is 33.7 Å². The third-order valence-corrected chi connectivity index (χ3v) is 5.28. The van der Waals surface area contributed by atoms with Crippen LogP contribution in [0.15, 0.2) is 24.3 Å². The first-order valence-electron chi connectivity index (χ1n) is 8.45. The van der Waals surface area contributed by atoms with Gasteiger partial charge in [-0.15, -0.1) is 0 Å². The molecule has 1 saturated carbocycles. The maximum absolute atomic E-state index is 11.9. The first kappa shape index (κ1) is 15.5. The van der Waals surface area contributed by atoms with Gasteiger partial charge in [0.2, 0.25) is 0 Å². The maximum atomic E-state index is 11.9. The van der Waals surface area contributed by atoms with E-state index in [0.29, 0.717) is 6.04 Å². The lowest BCUT2D eigenvalue weighted by atomic mass is 9.99. The Morgan fingerprint density at radius 3 is 2.73 bits per heavy atom. The second-order valence-electron chi connectivity index (χ2n) is 6.63. The normalized spacial score (nSPS) is 24.5. The molecular formula is C18H27N3O. The molecule has 2 fully saturated rings. The third-order valence-electron chi connectivity index (χ3n) is 5.28. The summed E-state index contributed by atoms with van der Waals surface area (Å²) in [5.74, 6) is -0.00652. The molecular weight excluding hydrogens is 274 g/mol. The van der Waals surface area contributed by atoms with Crippen molar-refractivity contribution in [2.45, 2.75) is 37.8 Å². The molecule has 0 spiro atoms. The molecule has 4 heteroatoms. The Hall–Kier alpha value is -1.39. The van der Waals surface area contributed by atoms with Crippen LogP contribution in [0.4, 0.5) is 0 Å². The lowest BCUT2D eigenvalue weighted by Gasteiger charge is -2.42. The Morgan fingerprint density at radius 1 is 1.23 bits per heavy atom. The van der Waals surface area contributed by atoms with Crippen LogP contribution in [0.1, 0.15) is 47.6 Å². The average molecular weight is 301 g/mol. The van der Waals surface area contributed by atoms with E-state index in [1.165, 1.54) is 37.8 Å². The molecule has 1 N–H and O–H groups in total. The lowest BCUT2D eigenvalue weighted by molar-refractivity contribution is 0.0655. The van der Waals surface area contributed by atoms with Crippen LogP contribution in [0.2, 0.25) is 0 Å². The fourth-order valence-electron chi connectivity index (χ4n) is 3.89. The van der Waals surface area contributed by atoms with Gasteiger partial charge in [0.1, 0.15) is 0 Å². The van der Waals surface area contributed by atoms with E-state index in [0.717, 1.165) is 24.7 Å². The third kappa shape index (κ3) is 3.18. The number of benzene rings is 1. The van der Waals surface area contributed by atoms with Crippen LogP contribution in [-0.2, 0) is 0 Å². The van der Waals surface area contributed by atoms with Gasteiger partial charge in [-0.1, -0.05) is 25.0 Å². The molecule has 0 aromatic heterocycles. The van der Waals surface area contributed by atoms with Gasteiger partial charge in [0.15, 0.2) is 0 Å². The van der Waals surface area contributed by atoms with Gasteiger partial charge in [-0.2, -0.15) is 0 Å². The predicted octanol–water partition coefficient (Wildman–Crippen LogP) is 2.28. The van der Waals surface area contributed by atoms with Gasteiger partial charge in [0.25, 0.3) is 5.91 Å². The minimum atomic E-state index is -0.00652. The van der Waals surface area contributed by atoms with E-state index in [9.17, 15) is 4.79 Å². The summed E-state index contributed by atoms with van der Waals surface area (Å²) in [7, 11) is 3.88. The highest BCUT2D eigenvalue weighted by atomic mass is 16.1. The van der Waals surface area contributed by atoms with Gasteiger partial charge in [-0.05, 0) is 37.6 Å². The Bertz CT molecular complexity index is 525. The second kappa shape index (κ2) is 6.80. The molecule has 0 unspecified atom stereocenters. The summed E-state index contributed by atoms with van der Waals surface area (Å²) in [6.07, 6.45) is 5.48. The van der Waals surface area contributed by atoms with Crippen LogP contribution in [-0.4, -0.2) is 55.5 Å². The van der Waals surface area contributed by atoms with Crippen LogP contribution in [0.3, 0.4) is 0 Å². The Kier molecular flexibility index (Phi) is 4.79. The van der Waals surface area contributed by atoms with E-state index in [4.69, 9.17) is 0 Å². The number of likely N-dealkylation sites (N-methyl/N-ethyl adjacent to an activating group) is 1. The molecule has 1 aliphatic heterocycles. The van der Waals surface area contributed by atoms with Crippen molar-refractivity contribution < 1.29 is 4.79 Å². The van der Waals surface area contributed by atoms with Crippen molar-refractivity contribution in [2.24, 2.45) is 0 Å². The molecule has 3 rings (SSSR count). The number of rotatable bonds is 3. The summed E-state index contributed by atoms with van der Waals surface area (Å²) >= 11 is 0. The van der Waals surface area contributed by atoms with Crippen LogP contribution < -0.4 is 5.32 Å². The lowest BCUT2D eigenvalue weighted by Crippen LogP contribution is -2.49. The SMILES string of the molecule is CNC(=O)c1cccc([C@@H]2CN(C3CCCC3)CCN2C)c1. The van der Waals surface area contributed by atoms with Crippen molar-refractivity contribution in [1.82, 2.24) is 15.1 Å². The smallest absolute Gasteiger partial charge is 0.251 e. The molecule has 1 aromatic carbocycles. The second-order valence-corrected chi connectivity index (χ2v) is 6.63. The molecule has 1 aliphatic carbocycles. The van der Waals surface area contributed by atoms with Crippen molar-refractivity contribution in [3.05, 3.63) is 35.4 Å². The largest absolute Gasteiger partial charge is 0.355 e. The number of carbonyl (C=O) groups is 1. The molecule has 1 amide bonds. The minimum absolute atomic E-state index is 0.00652. The van der Waals surface area contributed by atoms with Crippen LogP contribution in [0.25, 0.3) is 0 Å². The molecule has 1 atom stereocenters. The van der Waals surface area contributed by atoms with E-state index >= 15 is 0 Å². The van der Waals surface area contributed by atoms with Crippen molar-refractivity contribution in [3.8, 4) is 0 Å². The minimum Gasteiger partial charge on any atom is -0.355 e. The molecule has 0 bridgehead atoms. The van der Waals surface area contributed by atoms with E-state index in [1.807, 2.05) is 12.1 Å². The molecule has 1 aromatic rings. The van der Waals surface area contributed by atoms with Gasteiger partial charge in [0.05, 0.1) is 0 Å². The zero-order valence-electron chi connectivity index (χ0n) is 13.7. The average Bonchev–Trinajstić information content (AvgIpc) is 3.09. The number of nitrogens with zero attached hydrogens (tertiary/aromatic N) is 2. The first-order chi connectivity index (χ1) is 10.7. The molecule has 120 valence electrons. The van der Waals surface area contributed by atoms with E-state index in [1.54, 1.807) is 7.05 Å². The van der Waals surface area contributed by atoms with Crippen molar-refractivity contribution >= 4 is 5.91 Å². The Balaban J connectivity index is 1.77. The number of nitrogens with one attached hydrogen (secondary N) is 1. The Morgan fingerprint density at radius 2 is 2.00 bits per heavy atom. The topological polar surface area (TPSA) is 35.6 Å². The standard InChI is InChI=1S/C18H27N3O/c1-19-18(22)15-7-5-6-14(12-15)17-13-21(11-10-20(17)2)16-8-3-4-9-16/h5-7,12,16-17H,3-4,8-11,13H2,1-2H3,(H,19,22)/t17-/m0/s1. The molecule has 0 radical (unpaired) electrons. The van der Waals surface area contributed by atoms with Crippen LogP contribution >= 0.6 is 0 Å². The van der Waals surface area contributed by atoms with E-state index in [-0.39, 0.29) is 5.91 Å². The molecule has 22 heavy (non-hydrogen) atoms. The van der Waals surface area contributed by atoms with Gasteiger partial charge < -0.3 is 5.32 Å². The van der Waals surface area contributed by atoms with Crippen molar-refractivity contribution in [3.63, 3.8) is 0 Å². The van der Waals surface area contributed by atoms with Crippen LogP contribution in [0, 0.1) is 0 Å². The van der Waals surface area contributed by atoms with Gasteiger partial charge in [-0.3, -0.25) is 14.6 Å². The number of hydrogen-bond donors (Lipinski definition) is 1. The van der Waals surface area contributed by atoms with Gasteiger partial charge in [0, 0.05) is 44.3 Å². The summed E-state index contributed by atoms with van der Waals surface area (Å²) in [6, 6.07) is 9.27. The molecule has 2 aliphatic rings. The fourth-order valence-corrected chi connectivity index (χ4v) is 3.89. The number of carbonyl (C=O) groups excluding carboxylic acids is 1. The fraction of sp³-hybridized carbons (Fsp3) is 0.611. The van der Waals surface area contributed by atoms with Crippen LogP contribution in [0.5, 0.6) is 0 Å². The summed E-state index contributed by atoms with van der Waals surface area (Å²) in [4.78, 5) is 17.0. The number of amides is 1. The zero-order valence-corrected chi connectivity index (χ0v) is 13.7. The number of hydrogen-bond acceptors (Lipinski definition) is 3. The highest BCUT2D eigenvalue weighted by Crippen LogP contribution is 2.30. The summed E-state index contributed by atoms with van der Waals surface area (Å²) in [6.45, 7) is 3.36. The van der Waals surface area contributed by atoms with Crippen molar-refractivity contribution in [1.29, 1.82) is 0 Å². The van der Waals surface area contributed by atoms with Gasteiger partial charge >= 0.3 is 0 Å². The molecule has 1 heterocycles.